The first-order valence-corrected chi connectivity index (χ1v) is 3.33. The molecule has 13 heavy (non-hydrogen) atoms. The maximum Gasteiger partial charge on any atom is 0.394 e. The monoisotopic (exact) mass is 180 g/mol. The molecule has 2 rings (SSSR count). The van der Waals surface area contributed by atoms with Crippen LogP contribution < -0.4 is 0 Å². The fourth-order valence-electron chi connectivity index (χ4n) is 0.801. The average molecular weight is 180 g/mol. The standard InChI is InChI=1S/C6H4N4O3/c11-6(12)5-9-4(10-13-5)3-1-7-8-2-3/h1-2H,(H,7,8)(H,11,12). The number of carbonyl (C=O) groups is 1. The highest BCUT2D eigenvalue weighted by atomic mass is 16.5. The Bertz CT molecular complexity index is 419. The molecule has 2 heterocycles. The molecule has 2 N–H and O–H groups in total. The van der Waals surface area contributed by atoms with Gasteiger partial charge in [0.15, 0.2) is 0 Å². The molecule has 7 nitrogen and oxygen atoms in total. The van der Waals surface area contributed by atoms with Crippen molar-refractivity contribution >= 4 is 5.97 Å². The average Bonchev–Trinajstić information content (AvgIpc) is 2.75. The van der Waals surface area contributed by atoms with E-state index in [4.69, 9.17) is 5.11 Å². The highest BCUT2D eigenvalue weighted by molar-refractivity contribution is 5.82. The summed E-state index contributed by atoms with van der Waals surface area (Å²) in [6.45, 7) is 0. The third-order valence-corrected chi connectivity index (χ3v) is 1.37. The second-order valence-corrected chi connectivity index (χ2v) is 2.22. The van der Waals surface area contributed by atoms with Gasteiger partial charge in [0.05, 0.1) is 11.8 Å². The molecule has 0 aromatic carbocycles. The van der Waals surface area contributed by atoms with Crippen molar-refractivity contribution in [3.63, 3.8) is 0 Å². The van der Waals surface area contributed by atoms with Crippen LogP contribution in [0, 0.1) is 0 Å². The molecule has 0 unspecified atom stereocenters. The van der Waals surface area contributed by atoms with Crippen LogP contribution in [0.2, 0.25) is 0 Å². The Balaban J connectivity index is 2.39. The predicted molar refractivity (Wildman–Crippen MR) is 38.8 cm³/mol. The molecule has 0 atom stereocenters. The van der Waals surface area contributed by atoms with Gasteiger partial charge in [-0.1, -0.05) is 5.16 Å². The first kappa shape index (κ1) is 7.47. The number of carboxylic acids is 1. The van der Waals surface area contributed by atoms with Crippen molar-refractivity contribution in [2.75, 3.05) is 0 Å². The van der Waals surface area contributed by atoms with Crippen LogP contribution in [0.1, 0.15) is 10.7 Å². The number of nitrogens with one attached hydrogen (secondary N) is 1. The zero-order valence-corrected chi connectivity index (χ0v) is 6.26. The molecule has 0 saturated heterocycles. The molecule has 0 bridgehead atoms. The molecule has 0 fully saturated rings. The van der Waals surface area contributed by atoms with Gasteiger partial charge < -0.3 is 9.63 Å². The van der Waals surface area contributed by atoms with Gasteiger partial charge in [-0.05, 0) is 0 Å². The summed E-state index contributed by atoms with van der Waals surface area (Å²) in [4.78, 5) is 14.0. The van der Waals surface area contributed by atoms with Crippen LogP contribution in [0.4, 0.5) is 0 Å². The van der Waals surface area contributed by atoms with E-state index in [0.717, 1.165) is 0 Å². The van der Waals surface area contributed by atoms with E-state index < -0.39 is 11.9 Å². The topological polar surface area (TPSA) is 105 Å². The normalized spacial score (nSPS) is 10.2. The minimum atomic E-state index is -1.25. The van der Waals surface area contributed by atoms with E-state index in [1.165, 1.54) is 12.4 Å². The Morgan fingerprint density at radius 1 is 1.62 bits per heavy atom. The molecule has 2 aromatic heterocycles. The Morgan fingerprint density at radius 3 is 3.00 bits per heavy atom. The SMILES string of the molecule is O=C(O)c1nc(-c2cn[nH]c2)no1. The molecule has 0 aliphatic rings. The number of hydrogen-bond acceptors (Lipinski definition) is 5. The van der Waals surface area contributed by atoms with Crippen LogP contribution in [0.15, 0.2) is 16.9 Å². The van der Waals surface area contributed by atoms with Crippen molar-refractivity contribution in [1.29, 1.82) is 0 Å². The van der Waals surface area contributed by atoms with Gasteiger partial charge in [0.2, 0.25) is 5.82 Å². The van der Waals surface area contributed by atoms with E-state index >= 15 is 0 Å². The van der Waals surface area contributed by atoms with Crippen molar-refractivity contribution in [1.82, 2.24) is 20.3 Å². The molecular formula is C6H4N4O3. The van der Waals surface area contributed by atoms with E-state index in [-0.39, 0.29) is 5.82 Å². The Kier molecular flexibility index (Phi) is 1.55. The van der Waals surface area contributed by atoms with Gasteiger partial charge >= 0.3 is 11.9 Å². The summed E-state index contributed by atoms with van der Waals surface area (Å²) in [7, 11) is 0. The van der Waals surface area contributed by atoms with Gasteiger partial charge in [0.25, 0.3) is 0 Å². The minimum absolute atomic E-state index is 0.200. The molecule has 0 amide bonds. The van der Waals surface area contributed by atoms with Crippen molar-refractivity contribution in [3.05, 3.63) is 18.3 Å². The summed E-state index contributed by atoms with van der Waals surface area (Å²) >= 11 is 0. The number of aromatic carboxylic acids is 1. The highest BCUT2D eigenvalue weighted by Crippen LogP contribution is 2.12. The first-order chi connectivity index (χ1) is 6.27. The number of hydrogen-bond donors (Lipinski definition) is 2. The van der Waals surface area contributed by atoms with Crippen molar-refractivity contribution < 1.29 is 14.4 Å². The molecular weight excluding hydrogens is 176 g/mol. The van der Waals surface area contributed by atoms with Crippen molar-refractivity contribution in [2.24, 2.45) is 0 Å². The second-order valence-electron chi connectivity index (χ2n) is 2.22. The van der Waals surface area contributed by atoms with E-state index in [0.29, 0.717) is 5.56 Å². The largest absolute Gasteiger partial charge is 0.474 e. The summed E-state index contributed by atoms with van der Waals surface area (Å²) in [5.41, 5.74) is 0.580. The summed E-state index contributed by atoms with van der Waals surface area (Å²) in [5.74, 6) is -1.48. The number of H-pyrrole nitrogens is 1. The molecule has 0 spiro atoms. The van der Waals surface area contributed by atoms with Crippen LogP contribution in [0.3, 0.4) is 0 Å². The van der Waals surface area contributed by atoms with Crippen molar-refractivity contribution in [3.8, 4) is 11.4 Å². The number of aromatic amines is 1. The number of nitrogens with zero attached hydrogens (tertiary/aromatic N) is 3. The molecule has 0 saturated carbocycles. The number of carboxylic acid groups (broad SMARTS) is 1. The zero-order chi connectivity index (χ0) is 9.26. The molecule has 66 valence electrons. The smallest absolute Gasteiger partial charge is 0.394 e. The van der Waals surface area contributed by atoms with E-state index in [1.807, 2.05) is 0 Å². The second kappa shape index (κ2) is 2.70. The maximum atomic E-state index is 10.4. The Morgan fingerprint density at radius 2 is 2.46 bits per heavy atom. The van der Waals surface area contributed by atoms with E-state index in [1.54, 1.807) is 0 Å². The third kappa shape index (κ3) is 1.26. The molecule has 0 aliphatic carbocycles. The van der Waals surface area contributed by atoms with Crippen molar-refractivity contribution in [2.45, 2.75) is 0 Å². The number of aromatic nitrogens is 4. The van der Waals surface area contributed by atoms with Gasteiger partial charge in [-0.25, -0.2) is 4.79 Å². The summed E-state index contributed by atoms with van der Waals surface area (Å²) in [6, 6.07) is 0. The predicted octanol–water partition coefficient (Wildman–Crippen LogP) is 0.158. The van der Waals surface area contributed by atoms with Gasteiger partial charge in [-0.3, -0.25) is 5.10 Å². The van der Waals surface area contributed by atoms with Gasteiger partial charge in [0.1, 0.15) is 0 Å². The fraction of sp³-hybridized carbons (Fsp3) is 0. The van der Waals surface area contributed by atoms with E-state index in [2.05, 4.69) is 24.9 Å². The van der Waals surface area contributed by atoms with Gasteiger partial charge in [-0.15, -0.1) is 0 Å². The third-order valence-electron chi connectivity index (χ3n) is 1.37. The lowest BCUT2D eigenvalue weighted by molar-refractivity contribution is 0.0643. The van der Waals surface area contributed by atoms with Crippen LogP contribution in [0.25, 0.3) is 11.4 Å². The summed E-state index contributed by atoms with van der Waals surface area (Å²) in [6.07, 6.45) is 3.01. The Labute approximate surface area is 71.4 Å². The van der Waals surface area contributed by atoms with Crippen LogP contribution in [-0.2, 0) is 0 Å². The molecule has 0 aliphatic heterocycles. The highest BCUT2D eigenvalue weighted by Gasteiger charge is 2.14. The van der Waals surface area contributed by atoms with Crippen LogP contribution in [0.5, 0.6) is 0 Å². The zero-order valence-electron chi connectivity index (χ0n) is 6.26. The lowest BCUT2D eigenvalue weighted by Crippen LogP contribution is -1.95. The number of rotatable bonds is 2. The summed E-state index contributed by atoms with van der Waals surface area (Å²) < 4.78 is 4.45. The fourth-order valence-corrected chi connectivity index (χ4v) is 0.801. The lowest BCUT2D eigenvalue weighted by Gasteiger charge is -1.80. The first-order valence-electron chi connectivity index (χ1n) is 3.33. The Hall–Kier alpha value is -2.18. The minimum Gasteiger partial charge on any atom is -0.474 e. The van der Waals surface area contributed by atoms with Crippen LogP contribution in [-0.4, -0.2) is 31.4 Å². The quantitative estimate of drug-likeness (QED) is 0.681. The maximum absolute atomic E-state index is 10.4. The van der Waals surface area contributed by atoms with Gasteiger partial charge in [0, 0.05) is 6.20 Å². The summed E-state index contributed by atoms with van der Waals surface area (Å²) in [5, 5.41) is 18.1. The molecule has 0 radical (unpaired) electrons. The van der Waals surface area contributed by atoms with Crippen LogP contribution >= 0.6 is 0 Å². The van der Waals surface area contributed by atoms with Gasteiger partial charge in [-0.2, -0.15) is 10.1 Å². The lowest BCUT2D eigenvalue weighted by atomic mass is 10.3. The molecule has 7 heteroatoms. The van der Waals surface area contributed by atoms with E-state index in [9.17, 15) is 4.79 Å². The molecule has 2 aromatic rings.